The van der Waals surface area contributed by atoms with E-state index in [9.17, 15) is 4.79 Å². The van der Waals surface area contributed by atoms with E-state index in [1.807, 2.05) is 32.9 Å². The summed E-state index contributed by atoms with van der Waals surface area (Å²) in [6, 6.07) is 4.13. The average Bonchev–Trinajstić information content (AvgIpc) is 2.98. The van der Waals surface area contributed by atoms with Gasteiger partial charge in [-0.2, -0.15) is 0 Å². The highest BCUT2D eigenvalue weighted by molar-refractivity contribution is 5.99. The molecule has 1 saturated carbocycles. The molecule has 0 unspecified atom stereocenters. The summed E-state index contributed by atoms with van der Waals surface area (Å²) in [5.41, 5.74) is 0.950. The van der Waals surface area contributed by atoms with Crippen LogP contribution in [-0.2, 0) is 0 Å². The quantitative estimate of drug-likeness (QED) is 0.877. The summed E-state index contributed by atoms with van der Waals surface area (Å²) in [6.45, 7) is 5.66. The molecular weight excluding hydrogens is 276 g/mol. The molecule has 0 aromatic carbocycles. The lowest BCUT2D eigenvalue weighted by atomic mass is 9.90. The predicted molar refractivity (Wildman–Crippen MR) is 87.0 cm³/mol. The van der Waals surface area contributed by atoms with Crippen LogP contribution in [0.4, 0.5) is 5.82 Å². The SMILES string of the molecule is CC(C)(C)C(=O)c1nc(NC2CCCC2)c2ncccc2n1. The van der Waals surface area contributed by atoms with Crippen LogP contribution in [0.2, 0.25) is 0 Å². The van der Waals surface area contributed by atoms with Crippen LogP contribution < -0.4 is 5.32 Å². The van der Waals surface area contributed by atoms with Gasteiger partial charge >= 0.3 is 0 Å². The van der Waals surface area contributed by atoms with Crippen molar-refractivity contribution in [3.63, 3.8) is 0 Å². The molecule has 5 nitrogen and oxygen atoms in total. The Labute approximate surface area is 130 Å². The summed E-state index contributed by atoms with van der Waals surface area (Å²) in [5, 5.41) is 3.46. The Morgan fingerprint density at radius 1 is 1.23 bits per heavy atom. The van der Waals surface area contributed by atoms with Gasteiger partial charge in [0.25, 0.3) is 0 Å². The molecule has 0 bridgehead atoms. The summed E-state index contributed by atoms with van der Waals surface area (Å²) >= 11 is 0. The number of carbonyl (C=O) groups excluding carboxylic acids is 1. The molecule has 0 aliphatic heterocycles. The molecular formula is C17H22N4O. The Morgan fingerprint density at radius 2 is 1.95 bits per heavy atom. The van der Waals surface area contributed by atoms with E-state index in [0.717, 1.165) is 18.4 Å². The first-order valence-electron chi connectivity index (χ1n) is 7.89. The molecule has 1 aliphatic rings. The zero-order chi connectivity index (χ0) is 15.7. The third-order valence-corrected chi connectivity index (χ3v) is 4.04. The number of hydrogen-bond acceptors (Lipinski definition) is 5. The van der Waals surface area contributed by atoms with Crippen LogP contribution in [0.1, 0.15) is 57.1 Å². The Morgan fingerprint density at radius 3 is 2.64 bits per heavy atom. The van der Waals surface area contributed by atoms with Crippen molar-refractivity contribution in [2.45, 2.75) is 52.5 Å². The highest BCUT2D eigenvalue weighted by atomic mass is 16.1. The van der Waals surface area contributed by atoms with Crippen molar-refractivity contribution in [3.05, 3.63) is 24.2 Å². The molecule has 2 aromatic heterocycles. The molecule has 0 atom stereocenters. The van der Waals surface area contributed by atoms with E-state index in [4.69, 9.17) is 0 Å². The highest BCUT2D eigenvalue weighted by Crippen LogP contribution is 2.26. The van der Waals surface area contributed by atoms with Crippen molar-refractivity contribution in [1.82, 2.24) is 15.0 Å². The second-order valence-corrected chi connectivity index (χ2v) is 6.97. The molecule has 2 heterocycles. The summed E-state index contributed by atoms with van der Waals surface area (Å²) in [6.07, 6.45) is 6.49. The molecule has 116 valence electrons. The molecule has 0 radical (unpaired) electrons. The number of pyridine rings is 1. The third kappa shape index (κ3) is 2.93. The maximum absolute atomic E-state index is 12.5. The number of anilines is 1. The van der Waals surface area contributed by atoms with Crippen molar-refractivity contribution in [1.29, 1.82) is 0 Å². The summed E-state index contributed by atoms with van der Waals surface area (Å²) in [5.74, 6) is 0.909. The molecule has 22 heavy (non-hydrogen) atoms. The van der Waals surface area contributed by atoms with Gasteiger partial charge in [-0.05, 0) is 25.0 Å². The van der Waals surface area contributed by atoms with E-state index in [1.165, 1.54) is 12.8 Å². The van der Waals surface area contributed by atoms with Crippen LogP contribution in [0.3, 0.4) is 0 Å². The van der Waals surface area contributed by atoms with Crippen molar-refractivity contribution >= 4 is 22.6 Å². The first-order valence-corrected chi connectivity index (χ1v) is 7.89. The fourth-order valence-electron chi connectivity index (χ4n) is 2.77. The molecule has 5 heteroatoms. The number of rotatable bonds is 3. The number of Topliss-reactive ketones (excluding diaryl/α,β-unsaturated/α-hetero) is 1. The van der Waals surface area contributed by atoms with Crippen molar-refractivity contribution in [2.75, 3.05) is 5.32 Å². The summed E-state index contributed by atoms with van der Waals surface area (Å²) in [7, 11) is 0. The number of ketones is 1. The minimum atomic E-state index is -0.499. The highest BCUT2D eigenvalue weighted by Gasteiger charge is 2.27. The monoisotopic (exact) mass is 298 g/mol. The Hall–Kier alpha value is -2.04. The molecule has 0 saturated heterocycles. The van der Waals surface area contributed by atoms with Crippen molar-refractivity contribution in [2.24, 2.45) is 5.41 Å². The third-order valence-electron chi connectivity index (χ3n) is 4.04. The lowest BCUT2D eigenvalue weighted by Crippen LogP contribution is -2.24. The van der Waals surface area contributed by atoms with E-state index in [0.29, 0.717) is 17.4 Å². The molecule has 1 N–H and O–H groups in total. The van der Waals surface area contributed by atoms with Gasteiger partial charge in [0.15, 0.2) is 11.6 Å². The fraction of sp³-hybridized carbons (Fsp3) is 0.529. The largest absolute Gasteiger partial charge is 0.365 e. The van der Waals surface area contributed by atoms with Crippen LogP contribution in [0.15, 0.2) is 18.3 Å². The lowest BCUT2D eigenvalue weighted by Gasteiger charge is -2.18. The molecule has 0 spiro atoms. The Balaban J connectivity index is 2.05. The van der Waals surface area contributed by atoms with Crippen molar-refractivity contribution in [3.8, 4) is 0 Å². The fourth-order valence-corrected chi connectivity index (χ4v) is 2.77. The lowest BCUT2D eigenvalue weighted by molar-refractivity contribution is 0.0847. The van der Waals surface area contributed by atoms with Crippen LogP contribution in [0.5, 0.6) is 0 Å². The number of aromatic nitrogens is 3. The van der Waals surface area contributed by atoms with Gasteiger partial charge in [0.2, 0.25) is 5.78 Å². The van der Waals surface area contributed by atoms with Crippen LogP contribution >= 0.6 is 0 Å². The first kappa shape index (κ1) is 14.9. The van der Waals surface area contributed by atoms with Crippen LogP contribution in [0, 0.1) is 5.41 Å². The first-order chi connectivity index (χ1) is 10.4. The van der Waals surface area contributed by atoms with E-state index in [1.54, 1.807) is 6.20 Å². The van der Waals surface area contributed by atoms with Gasteiger partial charge in [-0.3, -0.25) is 9.78 Å². The number of nitrogens with one attached hydrogen (secondary N) is 1. The van der Waals surface area contributed by atoms with E-state index in [2.05, 4.69) is 20.3 Å². The number of carbonyl (C=O) groups is 1. The van der Waals surface area contributed by atoms with Crippen LogP contribution in [0.25, 0.3) is 11.0 Å². The molecule has 2 aromatic rings. The maximum atomic E-state index is 12.5. The molecule has 1 aliphatic carbocycles. The van der Waals surface area contributed by atoms with Gasteiger partial charge in [-0.25, -0.2) is 9.97 Å². The second-order valence-electron chi connectivity index (χ2n) is 6.97. The zero-order valence-corrected chi connectivity index (χ0v) is 13.4. The predicted octanol–water partition coefficient (Wildman–Crippen LogP) is 3.61. The van der Waals surface area contributed by atoms with Gasteiger partial charge < -0.3 is 5.32 Å². The van der Waals surface area contributed by atoms with Gasteiger partial charge in [0.05, 0.1) is 5.52 Å². The Bertz CT molecular complexity index is 699. The molecule has 1 fully saturated rings. The van der Waals surface area contributed by atoms with Gasteiger partial charge in [-0.15, -0.1) is 0 Å². The zero-order valence-electron chi connectivity index (χ0n) is 13.4. The maximum Gasteiger partial charge on any atom is 0.205 e. The van der Waals surface area contributed by atoms with Crippen molar-refractivity contribution < 1.29 is 4.79 Å². The minimum Gasteiger partial charge on any atom is -0.365 e. The smallest absolute Gasteiger partial charge is 0.205 e. The van der Waals surface area contributed by atoms with Gasteiger partial charge in [0, 0.05) is 17.7 Å². The van der Waals surface area contributed by atoms with E-state index in [-0.39, 0.29) is 11.6 Å². The normalized spacial score (nSPS) is 16.1. The van der Waals surface area contributed by atoms with E-state index >= 15 is 0 Å². The minimum absolute atomic E-state index is 0.0484. The number of hydrogen-bond donors (Lipinski definition) is 1. The Kier molecular flexibility index (Phi) is 3.81. The summed E-state index contributed by atoms with van der Waals surface area (Å²) in [4.78, 5) is 25.8. The average molecular weight is 298 g/mol. The molecule has 3 rings (SSSR count). The van der Waals surface area contributed by atoms with Crippen LogP contribution in [-0.4, -0.2) is 26.8 Å². The topological polar surface area (TPSA) is 67.8 Å². The van der Waals surface area contributed by atoms with Gasteiger partial charge in [-0.1, -0.05) is 33.6 Å². The number of fused-ring (bicyclic) bond motifs is 1. The number of nitrogens with zero attached hydrogens (tertiary/aromatic N) is 3. The summed E-state index contributed by atoms with van der Waals surface area (Å²) < 4.78 is 0. The van der Waals surface area contributed by atoms with E-state index < -0.39 is 5.41 Å². The standard InChI is InChI=1S/C17H22N4O/c1-17(2,3)14(22)16-20-12-9-6-10-18-13(12)15(21-16)19-11-7-4-5-8-11/h6,9-11H,4-5,7-8H2,1-3H3,(H,19,20,21). The molecule has 0 amide bonds. The van der Waals surface area contributed by atoms with Gasteiger partial charge in [0.1, 0.15) is 5.52 Å². The second kappa shape index (κ2) is 5.63.